The van der Waals surface area contributed by atoms with E-state index in [-0.39, 0.29) is 31.0 Å². The normalized spacial score (nSPS) is 16.9. The summed E-state index contributed by atoms with van der Waals surface area (Å²) in [5, 5.41) is 15.9. The van der Waals surface area contributed by atoms with Crippen LogP contribution < -0.4 is 10.6 Å². The molecule has 0 aliphatic heterocycles. The minimum Gasteiger partial charge on any atom is -0.444 e. The van der Waals surface area contributed by atoms with Crippen molar-refractivity contribution < 1.29 is 24.2 Å². The summed E-state index contributed by atoms with van der Waals surface area (Å²) < 4.78 is 5.43. The van der Waals surface area contributed by atoms with Crippen molar-refractivity contribution in [3.8, 4) is 0 Å². The lowest BCUT2D eigenvalue weighted by atomic mass is 9.91. The predicted octanol–water partition coefficient (Wildman–Crippen LogP) is 4.55. The van der Waals surface area contributed by atoms with Gasteiger partial charge in [-0.15, -0.1) is 0 Å². The van der Waals surface area contributed by atoms with E-state index in [1.54, 1.807) is 20.8 Å². The van der Waals surface area contributed by atoms with Gasteiger partial charge in [0.25, 0.3) is 0 Å². The van der Waals surface area contributed by atoms with Gasteiger partial charge in [0.05, 0.1) is 6.61 Å². The number of aliphatic hydroxyl groups is 1. The molecule has 0 aromatic heterocycles. The second kappa shape index (κ2) is 13.8. The summed E-state index contributed by atoms with van der Waals surface area (Å²) >= 11 is 0. The number of rotatable bonds is 10. The van der Waals surface area contributed by atoms with E-state index in [1.807, 2.05) is 45.9 Å². The molecule has 1 aromatic rings. The lowest BCUT2D eigenvalue weighted by molar-refractivity contribution is -0.144. The maximum Gasteiger partial charge on any atom is 0.408 e. The third kappa shape index (κ3) is 8.73. The molecule has 0 radical (unpaired) electrons. The first-order valence-electron chi connectivity index (χ1n) is 13.7. The summed E-state index contributed by atoms with van der Waals surface area (Å²) in [5.41, 5.74) is 1.92. The highest BCUT2D eigenvalue weighted by atomic mass is 16.6. The molecular formula is C29H47N3O5. The van der Waals surface area contributed by atoms with Gasteiger partial charge >= 0.3 is 6.09 Å². The molecule has 0 spiro atoms. The Morgan fingerprint density at radius 1 is 1.14 bits per heavy atom. The van der Waals surface area contributed by atoms with Crippen molar-refractivity contribution in [1.82, 2.24) is 15.5 Å². The van der Waals surface area contributed by atoms with Gasteiger partial charge in [-0.3, -0.25) is 9.59 Å². The van der Waals surface area contributed by atoms with Crippen molar-refractivity contribution in [3.63, 3.8) is 0 Å². The molecule has 1 fully saturated rings. The minimum absolute atomic E-state index is 0.0437. The number of carbonyl (C=O) groups is 3. The molecule has 3 amide bonds. The van der Waals surface area contributed by atoms with Crippen molar-refractivity contribution in [1.29, 1.82) is 0 Å². The summed E-state index contributed by atoms with van der Waals surface area (Å²) in [6.07, 6.45) is 5.05. The van der Waals surface area contributed by atoms with Crippen LogP contribution in [0.25, 0.3) is 0 Å². The number of alkyl carbamates (subject to hydrolysis) is 1. The van der Waals surface area contributed by atoms with Crippen molar-refractivity contribution in [2.75, 3.05) is 13.2 Å². The van der Waals surface area contributed by atoms with Gasteiger partial charge in [-0.05, 0) is 70.1 Å². The fourth-order valence-electron chi connectivity index (χ4n) is 4.82. The van der Waals surface area contributed by atoms with E-state index in [4.69, 9.17) is 4.74 Å². The average molecular weight is 518 g/mol. The van der Waals surface area contributed by atoms with E-state index in [0.717, 1.165) is 48.8 Å². The molecule has 1 aliphatic rings. The van der Waals surface area contributed by atoms with E-state index in [0.29, 0.717) is 6.42 Å². The molecule has 3 unspecified atom stereocenters. The Morgan fingerprint density at radius 3 is 2.35 bits per heavy atom. The van der Waals surface area contributed by atoms with Crippen LogP contribution in [0.4, 0.5) is 4.79 Å². The van der Waals surface area contributed by atoms with E-state index in [1.165, 1.54) is 4.90 Å². The zero-order valence-corrected chi connectivity index (χ0v) is 23.7. The molecule has 0 heterocycles. The Kier molecular flexibility index (Phi) is 11.4. The average Bonchev–Trinajstić information content (AvgIpc) is 2.83. The SMILES string of the molecule is CCC(C)C(NC(=O)OC(C)(C)C)C(=O)N(CCO)C(C(=O)NC1CCCCC1)c1cccc(C)c1C. The van der Waals surface area contributed by atoms with Crippen LogP contribution in [0, 0.1) is 19.8 Å². The van der Waals surface area contributed by atoms with Crippen LogP contribution in [0.15, 0.2) is 18.2 Å². The number of ether oxygens (including phenoxy) is 1. The van der Waals surface area contributed by atoms with Crippen LogP contribution in [0.2, 0.25) is 0 Å². The first-order chi connectivity index (χ1) is 17.4. The largest absolute Gasteiger partial charge is 0.444 e. The summed E-state index contributed by atoms with van der Waals surface area (Å²) in [6, 6.07) is 3.93. The number of benzene rings is 1. The Bertz CT molecular complexity index is 921. The molecule has 0 saturated heterocycles. The first kappa shape index (κ1) is 30.6. The Morgan fingerprint density at radius 2 is 1.78 bits per heavy atom. The minimum atomic E-state index is -0.937. The first-order valence-corrected chi connectivity index (χ1v) is 13.7. The van der Waals surface area contributed by atoms with Gasteiger partial charge in [-0.25, -0.2) is 4.79 Å². The van der Waals surface area contributed by atoms with Crippen molar-refractivity contribution in [2.45, 2.75) is 111 Å². The van der Waals surface area contributed by atoms with Crippen LogP contribution in [-0.4, -0.2) is 58.8 Å². The number of nitrogens with one attached hydrogen (secondary N) is 2. The molecule has 8 heteroatoms. The molecule has 2 rings (SSSR count). The Hall–Kier alpha value is -2.61. The van der Waals surface area contributed by atoms with Gasteiger partial charge in [0.2, 0.25) is 11.8 Å². The number of aryl methyl sites for hydroxylation is 1. The van der Waals surface area contributed by atoms with E-state index in [2.05, 4.69) is 10.6 Å². The standard InChI is InChI=1S/C29H47N3O5/c1-8-19(2)24(31-28(36)37-29(5,6)7)27(35)32(17-18-33)25(23-16-12-13-20(3)21(23)4)26(34)30-22-14-10-9-11-15-22/h12-13,16,19,22,24-25,33H,8-11,14-15,17-18H2,1-7H3,(H,30,34)(H,31,36). The van der Waals surface area contributed by atoms with Crippen LogP contribution >= 0.6 is 0 Å². The van der Waals surface area contributed by atoms with E-state index >= 15 is 0 Å². The molecule has 1 saturated carbocycles. The number of amides is 3. The number of hydrogen-bond donors (Lipinski definition) is 3. The predicted molar refractivity (Wildman–Crippen MR) is 145 cm³/mol. The molecule has 1 aromatic carbocycles. The van der Waals surface area contributed by atoms with Gasteiger partial charge in [0, 0.05) is 12.6 Å². The lowest BCUT2D eigenvalue weighted by Crippen LogP contribution is -2.56. The molecule has 0 bridgehead atoms. The van der Waals surface area contributed by atoms with Crippen LogP contribution in [0.3, 0.4) is 0 Å². The van der Waals surface area contributed by atoms with Crippen molar-refractivity contribution >= 4 is 17.9 Å². The summed E-state index contributed by atoms with van der Waals surface area (Å²) in [6.45, 7) is 12.7. The quantitative estimate of drug-likeness (QED) is 0.422. The summed E-state index contributed by atoms with van der Waals surface area (Å²) in [7, 11) is 0. The number of hydrogen-bond acceptors (Lipinski definition) is 5. The second-order valence-corrected chi connectivity index (χ2v) is 11.3. The van der Waals surface area contributed by atoms with Crippen LogP contribution in [-0.2, 0) is 14.3 Å². The van der Waals surface area contributed by atoms with Gasteiger partial charge < -0.3 is 25.4 Å². The molecule has 208 valence electrons. The molecule has 1 aliphatic carbocycles. The third-order valence-corrected chi connectivity index (χ3v) is 7.23. The van der Waals surface area contributed by atoms with Crippen LogP contribution in [0.5, 0.6) is 0 Å². The second-order valence-electron chi connectivity index (χ2n) is 11.3. The topological polar surface area (TPSA) is 108 Å². The fourth-order valence-corrected chi connectivity index (χ4v) is 4.82. The molecule has 3 N–H and O–H groups in total. The highest BCUT2D eigenvalue weighted by Crippen LogP contribution is 2.29. The van der Waals surface area contributed by atoms with E-state index in [9.17, 15) is 19.5 Å². The molecular weight excluding hydrogens is 470 g/mol. The van der Waals surface area contributed by atoms with Gasteiger partial charge in [-0.1, -0.05) is 57.7 Å². The number of nitrogens with zero attached hydrogens (tertiary/aromatic N) is 1. The van der Waals surface area contributed by atoms with E-state index < -0.39 is 29.7 Å². The summed E-state index contributed by atoms with van der Waals surface area (Å²) in [4.78, 5) is 42.1. The highest BCUT2D eigenvalue weighted by Gasteiger charge is 2.39. The Labute approximate surface area is 222 Å². The smallest absolute Gasteiger partial charge is 0.408 e. The fraction of sp³-hybridized carbons (Fsp3) is 0.690. The highest BCUT2D eigenvalue weighted by molar-refractivity contribution is 5.92. The zero-order chi connectivity index (χ0) is 27.8. The monoisotopic (exact) mass is 517 g/mol. The van der Waals surface area contributed by atoms with Crippen molar-refractivity contribution in [3.05, 3.63) is 34.9 Å². The van der Waals surface area contributed by atoms with Gasteiger partial charge in [0.1, 0.15) is 17.7 Å². The third-order valence-electron chi connectivity index (χ3n) is 7.23. The maximum absolute atomic E-state index is 14.1. The molecule has 37 heavy (non-hydrogen) atoms. The molecule has 3 atom stereocenters. The van der Waals surface area contributed by atoms with Crippen LogP contribution in [0.1, 0.15) is 95.9 Å². The van der Waals surface area contributed by atoms with Gasteiger partial charge in [-0.2, -0.15) is 0 Å². The maximum atomic E-state index is 14.1. The zero-order valence-electron chi connectivity index (χ0n) is 23.7. The summed E-state index contributed by atoms with van der Waals surface area (Å²) in [5.74, 6) is -0.900. The number of carbonyl (C=O) groups excluding carboxylic acids is 3. The lowest BCUT2D eigenvalue weighted by Gasteiger charge is -2.37. The Balaban J connectivity index is 2.50. The van der Waals surface area contributed by atoms with Gasteiger partial charge in [0.15, 0.2) is 0 Å². The van der Waals surface area contributed by atoms with Crippen molar-refractivity contribution in [2.24, 2.45) is 5.92 Å². The molecule has 8 nitrogen and oxygen atoms in total. The number of aliphatic hydroxyl groups excluding tert-OH is 1.